The number of aromatic nitrogens is 6. The van der Waals surface area contributed by atoms with Gasteiger partial charge < -0.3 is 10.6 Å². The molecular weight excluding hydrogens is 389 g/mol. The fourth-order valence-corrected chi connectivity index (χ4v) is 3.02. The molecule has 2 atom stereocenters. The molecule has 1 amide bonds. The van der Waals surface area contributed by atoms with E-state index in [1.54, 1.807) is 4.90 Å². The standard InChI is InChI=1S/C14H19F3N8O.ClH/c1-7-3-4-24(9(5-7)6-18)11(26)10-19-8(2)25(23-10)13-20-12(21-22-13)14(15,16)17;/h7,9H,3-6,18H2,1-2H3,(H,20,21,22);1H. The third kappa shape index (κ3) is 4.21. The number of carbonyl (C=O) groups excluding carboxylic acids is 1. The van der Waals surface area contributed by atoms with E-state index in [0.29, 0.717) is 19.0 Å². The van der Waals surface area contributed by atoms with Gasteiger partial charge in [-0.3, -0.25) is 9.89 Å². The molecule has 1 fully saturated rings. The molecule has 3 N–H and O–H groups in total. The summed E-state index contributed by atoms with van der Waals surface area (Å²) in [6.07, 6.45) is -3.02. The van der Waals surface area contributed by atoms with Gasteiger partial charge in [-0.15, -0.1) is 22.6 Å². The maximum absolute atomic E-state index is 12.7. The van der Waals surface area contributed by atoms with Crippen molar-refractivity contribution in [3.8, 4) is 5.95 Å². The zero-order valence-electron chi connectivity index (χ0n) is 14.7. The Morgan fingerprint density at radius 3 is 2.67 bits per heavy atom. The van der Waals surface area contributed by atoms with Crippen molar-refractivity contribution >= 4 is 18.3 Å². The monoisotopic (exact) mass is 408 g/mol. The average molecular weight is 409 g/mol. The number of nitrogens with one attached hydrogen (secondary N) is 1. The summed E-state index contributed by atoms with van der Waals surface area (Å²) in [5, 5.41) is 9.31. The first kappa shape index (κ1) is 21.1. The summed E-state index contributed by atoms with van der Waals surface area (Å²) >= 11 is 0. The molecule has 3 heterocycles. The lowest BCUT2D eigenvalue weighted by atomic mass is 9.92. The van der Waals surface area contributed by atoms with Gasteiger partial charge in [0.2, 0.25) is 11.6 Å². The quantitative estimate of drug-likeness (QED) is 0.791. The highest BCUT2D eigenvalue weighted by atomic mass is 35.5. The SMILES string of the molecule is Cc1nc(C(=O)N2CCC(C)CC2CN)nn1-c1n[nH]c(C(F)(F)F)n1.Cl. The minimum atomic E-state index is -4.66. The molecule has 0 aromatic carbocycles. The molecule has 13 heteroatoms. The fraction of sp³-hybridized carbons (Fsp3) is 0.643. The summed E-state index contributed by atoms with van der Waals surface area (Å²) in [6.45, 7) is 4.47. The van der Waals surface area contributed by atoms with Crippen LogP contribution in [0.5, 0.6) is 0 Å². The maximum atomic E-state index is 12.7. The van der Waals surface area contributed by atoms with Crippen LogP contribution in [0.3, 0.4) is 0 Å². The van der Waals surface area contributed by atoms with Crippen LogP contribution < -0.4 is 5.73 Å². The molecule has 0 bridgehead atoms. The molecule has 2 unspecified atom stereocenters. The van der Waals surface area contributed by atoms with Gasteiger partial charge in [0.1, 0.15) is 5.82 Å². The minimum Gasteiger partial charge on any atom is -0.332 e. The zero-order chi connectivity index (χ0) is 19.1. The molecular formula is C14H20ClF3N8O. The van der Waals surface area contributed by atoms with Crippen molar-refractivity contribution in [2.75, 3.05) is 13.1 Å². The Hall–Kier alpha value is -2.21. The smallest absolute Gasteiger partial charge is 0.332 e. The van der Waals surface area contributed by atoms with Crippen molar-refractivity contribution in [1.29, 1.82) is 0 Å². The van der Waals surface area contributed by atoms with E-state index in [2.05, 4.69) is 27.1 Å². The highest BCUT2D eigenvalue weighted by Gasteiger charge is 2.36. The van der Waals surface area contributed by atoms with E-state index in [1.165, 1.54) is 6.92 Å². The second-order valence-electron chi connectivity index (χ2n) is 6.39. The van der Waals surface area contributed by atoms with Crippen LogP contribution in [-0.2, 0) is 6.18 Å². The number of nitrogens with two attached hydrogens (primary N) is 1. The molecule has 1 aliphatic heterocycles. The number of nitrogens with zero attached hydrogens (tertiary/aromatic N) is 6. The average Bonchev–Trinajstić information content (AvgIpc) is 3.20. The van der Waals surface area contributed by atoms with E-state index >= 15 is 0 Å². The molecule has 27 heavy (non-hydrogen) atoms. The number of rotatable bonds is 3. The van der Waals surface area contributed by atoms with Crippen LogP contribution in [0.25, 0.3) is 5.95 Å². The third-order valence-electron chi connectivity index (χ3n) is 4.40. The van der Waals surface area contributed by atoms with E-state index in [9.17, 15) is 18.0 Å². The van der Waals surface area contributed by atoms with Crippen molar-refractivity contribution in [3.05, 3.63) is 17.5 Å². The highest BCUT2D eigenvalue weighted by molar-refractivity contribution is 5.90. The van der Waals surface area contributed by atoms with Gasteiger partial charge in [-0.05, 0) is 25.7 Å². The predicted octanol–water partition coefficient (Wildman–Crippen LogP) is 1.33. The Morgan fingerprint density at radius 2 is 2.07 bits per heavy atom. The zero-order valence-corrected chi connectivity index (χ0v) is 15.5. The lowest BCUT2D eigenvalue weighted by molar-refractivity contribution is -0.144. The summed E-state index contributed by atoms with van der Waals surface area (Å²) < 4.78 is 39.0. The third-order valence-corrected chi connectivity index (χ3v) is 4.40. The van der Waals surface area contributed by atoms with E-state index in [4.69, 9.17) is 5.73 Å². The van der Waals surface area contributed by atoms with Crippen molar-refractivity contribution in [2.45, 2.75) is 38.9 Å². The molecule has 9 nitrogen and oxygen atoms in total. The van der Waals surface area contributed by atoms with Gasteiger partial charge in [0, 0.05) is 19.1 Å². The normalized spacial score (nSPS) is 20.4. The van der Waals surface area contributed by atoms with Gasteiger partial charge in [-0.1, -0.05) is 6.92 Å². The second kappa shape index (κ2) is 7.80. The van der Waals surface area contributed by atoms with E-state index < -0.39 is 17.9 Å². The predicted molar refractivity (Wildman–Crippen MR) is 90.6 cm³/mol. The van der Waals surface area contributed by atoms with Crippen LogP contribution in [0.4, 0.5) is 13.2 Å². The number of aryl methyl sites for hydroxylation is 1. The van der Waals surface area contributed by atoms with E-state index in [-0.39, 0.29) is 36.0 Å². The molecule has 0 saturated carbocycles. The van der Waals surface area contributed by atoms with Crippen LogP contribution in [0, 0.1) is 12.8 Å². The van der Waals surface area contributed by atoms with Crippen LogP contribution in [0.2, 0.25) is 0 Å². The summed E-state index contributed by atoms with van der Waals surface area (Å²) in [5.41, 5.74) is 5.77. The van der Waals surface area contributed by atoms with E-state index in [0.717, 1.165) is 17.5 Å². The Kier molecular flexibility index (Phi) is 6.10. The second-order valence-corrected chi connectivity index (χ2v) is 6.39. The van der Waals surface area contributed by atoms with Gasteiger partial charge in [0.15, 0.2) is 0 Å². The van der Waals surface area contributed by atoms with Crippen molar-refractivity contribution < 1.29 is 18.0 Å². The van der Waals surface area contributed by atoms with Crippen LogP contribution in [0.15, 0.2) is 0 Å². The molecule has 0 radical (unpaired) electrons. The Balaban J connectivity index is 0.00000261. The van der Waals surface area contributed by atoms with E-state index in [1.807, 2.05) is 5.10 Å². The molecule has 1 aliphatic rings. The van der Waals surface area contributed by atoms with Gasteiger partial charge in [-0.2, -0.15) is 22.8 Å². The van der Waals surface area contributed by atoms with Crippen molar-refractivity contribution in [1.82, 2.24) is 34.8 Å². The van der Waals surface area contributed by atoms with Crippen molar-refractivity contribution in [3.63, 3.8) is 0 Å². The largest absolute Gasteiger partial charge is 0.451 e. The fourth-order valence-electron chi connectivity index (χ4n) is 3.02. The highest BCUT2D eigenvalue weighted by Crippen LogP contribution is 2.26. The maximum Gasteiger partial charge on any atom is 0.451 e. The number of hydrogen-bond acceptors (Lipinski definition) is 6. The van der Waals surface area contributed by atoms with Crippen LogP contribution in [-0.4, -0.2) is 59.9 Å². The molecule has 0 aliphatic carbocycles. The Bertz CT molecular complexity index is 805. The van der Waals surface area contributed by atoms with Gasteiger partial charge in [0.25, 0.3) is 11.9 Å². The minimum absolute atomic E-state index is 0. The lowest BCUT2D eigenvalue weighted by Crippen LogP contribution is -2.49. The number of alkyl halides is 3. The number of likely N-dealkylation sites (tertiary alicyclic amines) is 1. The van der Waals surface area contributed by atoms with Gasteiger partial charge in [-0.25, -0.2) is 4.98 Å². The summed E-state index contributed by atoms with van der Waals surface area (Å²) in [6, 6.07) is -0.112. The molecule has 3 rings (SSSR count). The van der Waals surface area contributed by atoms with Crippen LogP contribution >= 0.6 is 12.4 Å². The van der Waals surface area contributed by atoms with Gasteiger partial charge in [0.05, 0.1) is 0 Å². The molecule has 0 spiro atoms. The van der Waals surface area contributed by atoms with Gasteiger partial charge >= 0.3 is 6.18 Å². The number of carbonyl (C=O) groups is 1. The number of piperidine rings is 1. The number of hydrogen-bond donors (Lipinski definition) is 2. The van der Waals surface area contributed by atoms with Crippen LogP contribution in [0.1, 0.15) is 42.0 Å². The summed E-state index contributed by atoms with van der Waals surface area (Å²) in [4.78, 5) is 21.8. The molecule has 150 valence electrons. The summed E-state index contributed by atoms with van der Waals surface area (Å²) in [7, 11) is 0. The first-order valence-electron chi connectivity index (χ1n) is 8.15. The Labute approximate surface area is 158 Å². The van der Waals surface area contributed by atoms with Crippen molar-refractivity contribution in [2.24, 2.45) is 11.7 Å². The topological polar surface area (TPSA) is 119 Å². The number of aromatic amines is 1. The Morgan fingerprint density at radius 1 is 1.37 bits per heavy atom. The molecule has 1 saturated heterocycles. The number of halogens is 4. The first-order chi connectivity index (χ1) is 12.2. The first-order valence-corrected chi connectivity index (χ1v) is 8.15. The molecule has 2 aromatic heterocycles. The molecule has 2 aromatic rings. The summed E-state index contributed by atoms with van der Waals surface area (Å²) in [5.74, 6) is -1.42. The lowest BCUT2D eigenvalue weighted by Gasteiger charge is -2.37. The number of amides is 1. The number of H-pyrrole nitrogens is 1.